The highest BCUT2D eigenvalue weighted by atomic mass is 35.5. The van der Waals surface area contributed by atoms with Crippen LogP contribution in [0.2, 0.25) is 0 Å². The van der Waals surface area contributed by atoms with Crippen molar-refractivity contribution in [3.63, 3.8) is 0 Å². The molecular formula is C17H23ClF3N3O2. The number of hydrogen-bond donors (Lipinski definition) is 2. The summed E-state index contributed by atoms with van der Waals surface area (Å²) in [6, 6.07) is 4.89. The zero-order valence-electron chi connectivity index (χ0n) is 14.2. The number of aliphatic hydroxyl groups excluding tert-OH is 1. The van der Waals surface area contributed by atoms with Crippen molar-refractivity contribution >= 4 is 24.0 Å². The van der Waals surface area contributed by atoms with E-state index in [1.165, 1.54) is 6.07 Å². The van der Waals surface area contributed by atoms with Crippen LogP contribution < -0.4 is 10.6 Å². The SMILES string of the molecule is Cl.N[C@H]1C[C@H](C(=O)N2CCN(c3cccc(C(F)(F)F)c3)CC2)C[C@@H]1O. The Bertz CT molecular complexity index is 626. The van der Waals surface area contributed by atoms with Crippen molar-refractivity contribution < 1.29 is 23.1 Å². The number of anilines is 1. The molecule has 1 saturated carbocycles. The van der Waals surface area contributed by atoms with Crippen LogP contribution in [0.15, 0.2) is 24.3 Å². The van der Waals surface area contributed by atoms with Gasteiger partial charge in [0.1, 0.15) is 0 Å². The molecule has 146 valence electrons. The summed E-state index contributed by atoms with van der Waals surface area (Å²) < 4.78 is 38.5. The summed E-state index contributed by atoms with van der Waals surface area (Å²) in [5.74, 6) is -0.277. The maximum absolute atomic E-state index is 12.8. The second kappa shape index (κ2) is 8.02. The third kappa shape index (κ3) is 4.42. The molecule has 0 bridgehead atoms. The van der Waals surface area contributed by atoms with Gasteiger partial charge in [0.2, 0.25) is 5.91 Å². The number of alkyl halides is 3. The number of halogens is 4. The molecule has 1 saturated heterocycles. The topological polar surface area (TPSA) is 69.8 Å². The first kappa shape index (κ1) is 20.8. The third-order valence-electron chi connectivity index (χ3n) is 5.06. The van der Waals surface area contributed by atoms with Crippen LogP contribution in [0.25, 0.3) is 0 Å². The molecule has 26 heavy (non-hydrogen) atoms. The smallest absolute Gasteiger partial charge is 0.391 e. The minimum atomic E-state index is -4.37. The number of hydrogen-bond acceptors (Lipinski definition) is 4. The van der Waals surface area contributed by atoms with Crippen molar-refractivity contribution in [3.05, 3.63) is 29.8 Å². The van der Waals surface area contributed by atoms with Crippen LogP contribution in [-0.4, -0.2) is 54.2 Å². The van der Waals surface area contributed by atoms with Crippen molar-refractivity contribution in [1.82, 2.24) is 4.90 Å². The summed E-state index contributed by atoms with van der Waals surface area (Å²) in [5.41, 5.74) is 5.61. The Morgan fingerprint density at radius 1 is 1.15 bits per heavy atom. The Morgan fingerprint density at radius 3 is 2.35 bits per heavy atom. The summed E-state index contributed by atoms with van der Waals surface area (Å²) in [6.07, 6.45) is -4.14. The second-order valence-electron chi connectivity index (χ2n) is 6.76. The fourth-order valence-electron chi connectivity index (χ4n) is 3.57. The lowest BCUT2D eigenvalue weighted by Gasteiger charge is -2.37. The number of carbonyl (C=O) groups is 1. The van der Waals surface area contributed by atoms with Crippen molar-refractivity contribution in [1.29, 1.82) is 0 Å². The van der Waals surface area contributed by atoms with Crippen molar-refractivity contribution in [2.45, 2.75) is 31.2 Å². The first-order valence-electron chi connectivity index (χ1n) is 8.40. The molecule has 3 rings (SSSR count). The van der Waals surface area contributed by atoms with Crippen molar-refractivity contribution in [2.24, 2.45) is 11.7 Å². The fourth-order valence-corrected chi connectivity index (χ4v) is 3.57. The third-order valence-corrected chi connectivity index (χ3v) is 5.06. The number of amides is 1. The Hall–Kier alpha value is -1.51. The van der Waals surface area contributed by atoms with Gasteiger partial charge in [-0.1, -0.05) is 6.07 Å². The van der Waals surface area contributed by atoms with E-state index in [1.807, 2.05) is 4.90 Å². The van der Waals surface area contributed by atoms with Gasteiger partial charge in [0, 0.05) is 43.8 Å². The fraction of sp³-hybridized carbons (Fsp3) is 0.588. The molecule has 1 aromatic carbocycles. The Morgan fingerprint density at radius 2 is 1.81 bits per heavy atom. The van der Waals surface area contributed by atoms with Crippen LogP contribution in [0.1, 0.15) is 18.4 Å². The minimum Gasteiger partial charge on any atom is -0.391 e. The Kier molecular flexibility index (Phi) is 6.42. The van der Waals surface area contributed by atoms with E-state index >= 15 is 0 Å². The number of piperazine rings is 1. The van der Waals surface area contributed by atoms with Gasteiger partial charge in [-0.2, -0.15) is 13.2 Å². The van der Waals surface area contributed by atoms with Gasteiger partial charge in [-0.25, -0.2) is 0 Å². The molecule has 3 atom stereocenters. The van der Waals surface area contributed by atoms with Gasteiger partial charge in [-0.05, 0) is 31.0 Å². The summed E-state index contributed by atoms with van der Waals surface area (Å²) in [4.78, 5) is 16.1. The molecule has 0 unspecified atom stereocenters. The van der Waals surface area contributed by atoms with E-state index in [2.05, 4.69) is 0 Å². The lowest BCUT2D eigenvalue weighted by atomic mass is 10.1. The van der Waals surface area contributed by atoms with Crippen LogP contribution in [0.3, 0.4) is 0 Å². The Balaban J connectivity index is 0.00000243. The van der Waals surface area contributed by atoms with Crippen molar-refractivity contribution in [3.8, 4) is 0 Å². The first-order chi connectivity index (χ1) is 11.8. The standard InChI is InChI=1S/C17H22F3N3O2.ClH/c18-17(19,20)12-2-1-3-13(10-12)22-4-6-23(7-5-22)16(25)11-8-14(21)15(24)9-11;/h1-3,10-11,14-15,24H,4-9,21H2;1H/t11-,14-,15-;/m0./s1. The number of aliphatic hydroxyl groups is 1. The van der Waals surface area contributed by atoms with E-state index in [0.717, 1.165) is 12.1 Å². The Labute approximate surface area is 156 Å². The van der Waals surface area contributed by atoms with E-state index < -0.39 is 17.8 Å². The summed E-state index contributed by atoms with van der Waals surface area (Å²) in [7, 11) is 0. The van der Waals surface area contributed by atoms with E-state index in [4.69, 9.17) is 5.73 Å². The summed E-state index contributed by atoms with van der Waals surface area (Å²) >= 11 is 0. The first-order valence-corrected chi connectivity index (χ1v) is 8.40. The van der Waals surface area contributed by atoms with Crippen molar-refractivity contribution in [2.75, 3.05) is 31.1 Å². The van der Waals surface area contributed by atoms with Gasteiger partial charge in [0.25, 0.3) is 0 Å². The minimum absolute atomic E-state index is 0. The van der Waals surface area contributed by atoms with Crippen LogP contribution in [-0.2, 0) is 11.0 Å². The lowest BCUT2D eigenvalue weighted by molar-refractivity contribution is -0.137. The quantitative estimate of drug-likeness (QED) is 0.805. The molecule has 0 radical (unpaired) electrons. The van der Waals surface area contributed by atoms with Gasteiger partial charge in [0.05, 0.1) is 11.7 Å². The molecule has 0 aromatic heterocycles. The molecule has 2 aliphatic rings. The normalized spacial score (nSPS) is 26.6. The molecule has 1 amide bonds. The second-order valence-corrected chi connectivity index (χ2v) is 6.76. The maximum Gasteiger partial charge on any atom is 0.416 e. The average molecular weight is 394 g/mol. The monoisotopic (exact) mass is 393 g/mol. The molecule has 0 spiro atoms. The highest BCUT2D eigenvalue weighted by Gasteiger charge is 2.37. The highest BCUT2D eigenvalue weighted by Crippen LogP contribution is 2.32. The van der Waals surface area contributed by atoms with Crippen LogP contribution in [0.4, 0.5) is 18.9 Å². The van der Waals surface area contributed by atoms with E-state index in [1.54, 1.807) is 11.0 Å². The molecule has 5 nitrogen and oxygen atoms in total. The van der Waals surface area contributed by atoms with Gasteiger partial charge in [-0.15, -0.1) is 12.4 Å². The number of nitrogens with zero attached hydrogens (tertiary/aromatic N) is 2. The van der Waals surface area contributed by atoms with Gasteiger partial charge in [-0.3, -0.25) is 4.79 Å². The number of rotatable bonds is 2. The predicted octanol–water partition coefficient (Wildman–Crippen LogP) is 1.87. The number of nitrogens with two attached hydrogens (primary N) is 1. The molecule has 2 fully saturated rings. The van der Waals surface area contributed by atoms with Gasteiger partial charge in [0.15, 0.2) is 0 Å². The van der Waals surface area contributed by atoms with Gasteiger partial charge < -0.3 is 20.6 Å². The van der Waals surface area contributed by atoms with E-state index in [-0.39, 0.29) is 30.3 Å². The predicted molar refractivity (Wildman–Crippen MR) is 94.2 cm³/mol. The number of benzene rings is 1. The van der Waals surface area contributed by atoms with Gasteiger partial charge >= 0.3 is 6.18 Å². The molecule has 1 aliphatic carbocycles. The molecule has 1 heterocycles. The average Bonchev–Trinajstić information content (AvgIpc) is 2.93. The molecular weight excluding hydrogens is 371 g/mol. The molecule has 3 N–H and O–H groups in total. The largest absolute Gasteiger partial charge is 0.416 e. The van der Waals surface area contributed by atoms with E-state index in [9.17, 15) is 23.1 Å². The highest BCUT2D eigenvalue weighted by molar-refractivity contribution is 5.85. The molecule has 9 heteroatoms. The lowest BCUT2D eigenvalue weighted by Crippen LogP contribution is -2.50. The maximum atomic E-state index is 12.8. The van der Waals surface area contributed by atoms with E-state index in [0.29, 0.717) is 44.7 Å². The van der Waals surface area contributed by atoms with Crippen LogP contribution in [0, 0.1) is 5.92 Å². The molecule has 1 aromatic rings. The van der Waals surface area contributed by atoms with Crippen LogP contribution in [0.5, 0.6) is 0 Å². The molecule has 1 aliphatic heterocycles. The summed E-state index contributed by atoms with van der Waals surface area (Å²) in [5, 5.41) is 9.70. The summed E-state index contributed by atoms with van der Waals surface area (Å²) in [6.45, 7) is 1.87. The zero-order chi connectivity index (χ0) is 18.2. The van der Waals surface area contributed by atoms with Crippen LogP contribution >= 0.6 is 12.4 Å². The zero-order valence-corrected chi connectivity index (χ0v) is 15.0. The number of carbonyl (C=O) groups excluding carboxylic acids is 1.